The van der Waals surface area contributed by atoms with Crippen molar-refractivity contribution in [3.63, 3.8) is 0 Å². The van der Waals surface area contributed by atoms with Gasteiger partial charge in [-0.25, -0.2) is 8.42 Å². The lowest BCUT2D eigenvalue weighted by molar-refractivity contribution is -0.117. The number of amides is 1. The molecule has 0 aliphatic heterocycles. The molecule has 1 atom stereocenters. The molecule has 0 aromatic heterocycles. The first-order chi connectivity index (χ1) is 13.1. The lowest BCUT2D eigenvalue weighted by Gasteiger charge is -2.18. The summed E-state index contributed by atoms with van der Waals surface area (Å²) in [5, 5.41) is 2.79. The van der Waals surface area contributed by atoms with Crippen molar-refractivity contribution in [2.75, 3.05) is 12.4 Å². The van der Waals surface area contributed by atoms with Gasteiger partial charge in [-0.1, -0.05) is 32.0 Å². The zero-order chi connectivity index (χ0) is 21.1. The number of nitrogens with one attached hydrogen (secondary N) is 2. The first-order valence-corrected chi connectivity index (χ1v) is 10.6. The molecule has 0 aliphatic carbocycles. The number of aryl methyl sites for hydroxylation is 1. The molecule has 1 unspecified atom stereocenters. The molecule has 0 radical (unpaired) electrons. The van der Waals surface area contributed by atoms with Gasteiger partial charge in [0.05, 0.1) is 13.2 Å². The Kier molecular flexibility index (Phi) is 6.85. The SMILES string of the molecule is COc1ccc(C(C)C)cc1S(=O)(=O)NC(C)C(=O)Nc1cccc(C)c1C. The molecule has 0 saturated heterocycles. The number of carbonyl (C=O) groups is 1. The van der Waals surface area contributed by atoms with Crippen LogP contribution >= 0.6 is 0 Å². The van der Waals surface area contributed by atoms with E-state index in [-0.39, 0.29) is 16.6 Å². The number of anilines is 1. The minimum Gasteiger partial charge on any atom is -0.495 e. The summed E-state index contributed by atoms with van der Waals surface area (Å²) in [5.41, 5.74) is 3.52. The Morgan fingerprint density at radius 2 is 1.75 bits per heavy atom. The topological polar surface area (TPSA) is 84.5 Å². The van der Waals surface area contributed by atoms with E-state index in [1.165, 1.54) is 14.0 Å². The quantitative estimate of drug-likeness (QED) is 0.736. The van der Waals surface area contributed by atoms with Crippen LogP contribution in [0.15, 0.2) is 41.3 Å². The Morgan fingerprint density at radius 1 is 1.07 bits per heavy atom. The summed E-state index contributed by atoms with van der Waals surface area (Å²) in [5.74, 6) is -0.0415. The maximum absolute atomic E-state index is 12.9. The van der Waals surface area contributed by atoms with Gasteiger partial charge in [0.2, 0.25) is 15.9 Å². The van der Waals surface area contributed by atoms with Gasteiger partial charge in [0.1, 0.15) is 10.6 Å². The Labute approximate surface area is 167 Å². The third kappa shape index (κ3) is 4.91. The van der Waals surface area contributed by atoms with Crippen molar-refractivity contribution >= 4 is 21.6 Å². The van der Waals surface area contributed by atoms with Crippen LogP contribution in [-0.2, 0) is 14.8 Å². The van der Waals surface area contributed by atoms with E-state index in [9.17, 15) is 13.2 Å². The molecule has 6 nitrogen and oxygen atoms in total. The first kappa shape index (κ1) is 21.9. The van der Waals surface area contributed by atoms with Crippen LogP contribution in [0.5, 0.6) is 5.75 Å². The van der Waals surface area contributed by atoms with Crippen LogP contribution in [0.1, 0.15) is 43.4 Å². The van der Waals surface area contributed by atoms with Gasteiger partial charge in [-0.15, -0.1) is 0 Å². The standard InChI is InChI=1S/C21H28N2O4S/c1-13(2)17-10-11-19(27-6)20(12-17)28(25,26)23-16(5)21(24)22-18-9-7-8-14(3)15(18)4/h7-13,16,23H,1-6H3,(H,22,24). The van der Waals surface area contributed by atoms with Crippen LogP contribution in [0.3, 0.4) is 0 Å². The van der Waals surface area contributed by atoms with Crippen LogP contribution < -0.4 is 14.8 Å². The van der Waals surface area contributed by atoms with E-state index in [1.807, 2.05) is 45.9 Å². The highest BCUT2D eigenvalue weighted by atomic mass is 32.2. The van der Waals surface area contributed by atoms with Gasteiger partial charge >= 0.3 is 0 Å². The molecule has 0 spiro atoms. The van der Waals surface area contributed by atoms with Crippen LogP contribution in [0.4, 0.5) is 5.69 Å². The summed E-state index contributed by atoms with van der Waals surface area (Å²) in [6.45, 7) is 9.32. The number of hydrogen-bond acceptors (Lipinski definition) is 4. The second-order valence-corrected chi connectivity index (χ2v) is 8.83. The maximum Gasteiger partial charge on any atom is 0.244 e. The number of hydrogen-bond donors (Lipinski definition) is 2. The fraction of sp³-hybridized carbons (Fsp3) is 0.381. The number of ether oxygens (including phenoxy) is 1. The van der Waals surface area contributed by atoms with Crippen molar-refractivity contribution in [1.29, 1.82) is 0 Å². The molecule has 2 aromatic carbocycles. The summed E-state index contributed by atoms with van der Waals surface area (Å²) >= 11 is 0. The van der Waals surface area contributed by atoms with E-state index in [1.54, 1.807) is 18.2 Å². The predicted molar refractivity (Wildman–Crippen MR) is 111 cm³/mol. The van der Waals surface area contributed by atoms with E-state index >= 15 is 0 Å². The zero-order valence-corrected chi connectivity index (χ0v) is 18.0. The second kappa shape index (κ2) is 8.75. The molecule has 0 saturated carbocycles. The highest BCUT2D eigenvalue weighted by Crippen LogP contribution is 2.28. The molecule has 1 amide bonds. The molecule has 2 N–H and O–H groups in total. The minimum atomic E-state index is -3.95. The van der Waals surface area contributed by atoms with Crippen LogP contribution in [-0.4, -0.2) is 27.5 Å². The van der Waals surface area contributed by atoms with Crippen LogP contribution in [0, 0.1) is 13.8 Å². The zero-order valence-electron chi connectivity index (χ0n) is 17.2. The fourth-order valence-corrected chi connectivity index (χ4v) is 4.15. The average molecular weight is 405 g/mol. The Morgan fingerprint density at radius 3 is 2.36 bits per heavy atom. The molecule has 2 aromatic rings. The van der Waals surface area contributed by atoms with Gasteiger partial charge in [0, 0.05) is 5.69 Å². The number of benzene rings is 2. The second-order valence-electron chi connectivity index (χ2n) is 7.14. The van der Waals surface area contributed by atoms with Crippen molar-refractivity contribution in [2.45, 2.75) is 51.5 Å². The van der Waals surface area contributed by atoms with Gasteiger partial charge in [-0.3, -0.25) is 4.79 Å². The van der Waals surface area contributed by atoms with Gasteiger partial charge in [-0.05, 0) is 61.6 Å². The largest absolute Gasteiger partial charge is 0.495 e. The molecule has 2 rings (SSSR count). The molecule has 0 bridgehead atoms. The van der Waals surface area contributed by atoms with Crippen molar-refractivity contribution in [2.24, 2.45) is 0 Å². The highest BCUT2D eigenvalue weighted by molar-refractivity contribution is 7.89. The van der Waals surface area contributed by atoms with E-state index in [0.29, 0.717) is 5.69 Å². The molecule has 0 heterocycles. The van der Waals surface area contributed by atoms with Gasteiger partial charge < -0.3 is 10.1 Å². The lowest BCUT2D eigenvalue weighted by Crippen LogP contribution is -2.41. The highest BCUT2D eigenvalue weighted by Gasteiger charge is 2.26. The molecule has 152 valence electrons. The summed E-state index contributed by atoms with van der Waals surface area (Å²) in [6, 6.07) is 9.67. The number of rotatable bonds is 7. The Bertz CT molecular complexity index is 968. The van der Waals surface area contributed by atoms with E-state index in [4.69, 9.17) is 4.74 Å². The summed E-state index contributed by atoms with van der Waals surface area (Å²) in [6.07, 6.45) is 0. The molecular formula is C21H28N2O4S. The van der Waals surface area contributed by atoms with Gasteiger partial charge in [0.15, 0.2) is 0 Å². The Hall–Kier alpha value is -2.38. The normalized spacial score (nSPS) is 12.7. The van der Waals surface area contributed by atoms with Crippen LogP contribution in [0.2, 0.25) is 0 Å². The molecule has 0 aliphatic rings. The van der Waals surface area contributed by atoms with Crippen molar-refractivity contribution in [3.8, 4) is 5.75 Å². The monoisotopic (exact) mass is 404 g/mol. The number of sulfonamides is 1. The van der Waals surface area contributed by atoms with Crippen molar-refractivity contribution < 1.29 is 17.9 Å². The smallest absolute Gasteiger partial charge is 0.244 e. The fourth-order valence-electron chi connectivity index (χ4n) is 2.74. The lowest BCUT2D eigenvalue weighted by atomic mass is 10.0. The summed E-state index contributed by atoms with van der Waals surface area (Å²) < 4.78 is 33.5. The van der Waals surface area contributed by atoms with Crippen LogP contribution in [0.25, 0.3) is 0 Å². The average Bonchev–Trinajstić information content (AvgIpc) is 2.64. The number of carbonyl (C=O) groups excluding carboxylic acids is 1. The molecule has 0 fully saturated rings. The van der Waals surface area contributed by atoms with Gasteiger partial charge in [0.25, 0.3) is 0 Å². The van der Waals surface area contributed by atoms with E-state index in [2.05, 4.69) is 10.0 Å². The molecular weight excluding hydrogens is 376 g/mol. The molecule has 28 heavy (non-hydrogen) atoms. The minimum absolute atomic E-state index is 0.0209. The summed E-state index contributed by atoms with van der Waals surface area (Å²) in [4.78, 5) is 12.6. The summed E-state index contributed by atoms with van der Waals surface area (Å²) in [7, 11) is -2.53. The van der Waals surface area contributed by atoms with Crippen molar-refractivity contribution in [3.05, 3.63) is 53.1 Å². The first-order valence-electron chi connectivity index (χ1n) is 9.14. The maximum atomic E-state index is 12.9. The van der Waals surface area contributed by atoms with Crippen molar-refractivity contribution in [1.82, 2.24) is 4.72 Å². The molecule has 7 heteroatoms. The number of methoxy groups -OCH3 is 1. The van der Waals surface area contributed by atoms with E-state index < -0.39 is 22.0 Å². The predicted octanol–water partition coefficient (Wildman–Crippen LogP) is 3.74. The third-order valence-corrected chi connectivity index (χ3v) is 6.29. The Balaban J connectivity index is 2.24. The van der Waals surface area contributed by atoms with E-state index in [0.717, 1.165) is 16.7 Å². The van der Waals surface area contributed by atoms with Gasteiger partial charge in [-0.2, -0.15) is 4.72 Å². The third-order valence-electron chi connectivity index (χ3n) is 4.73.